The molecule has 0 saturated heterocycles. The predicted octanol–water partition coefficient (Wildman–Crippen LogP) is 4.13. The maximum Gasteiger partial charge on any atom is 0.269 e. The van der Waals surface area contributed by atoms with E-state index < -0.39 is 14.9 Å². The van der Waals surface area contributed by atoms with Crippen molar-refractivity contribution < 1.29 is 18.1 Å². The highest BCUT2D eigenvalue weighted by Crippen LogP contribution is 2.30. The fourth-order valence-corrected chi connectivity index (χ4v) is 5.24. The summed E-state index contributed by atoms with van der Waals surface area (Å²) in [7, 11) is -2.19. The number of ether oxygens (including phenoxy) is 1. The summed E-state index contributed by atoms with van der Waals surface area (Å²) in [4.78, 5) is 10.4. The van der Waals surface area contributed by atoms with Gasteiger partial charge in [0.2, 0.25) is 10.0 Å². The van der Waals surface area contributed by atoms with Gasteiger partial charge in [-0.3, -0.25) is 10.1 Å². The van der Waals surface area contributed by atoms with Crippen molar-refractivity contribution in [2.24, 2.45) is 0 Å². The molecule has 1 aliphatic carbocycles. The summed E-state index contributed by atoms with van der Waals surface area (Å²) in [6.07, 6.45) is 4.76. The van der Waals surface area contributed by atoms with Gasteiger partial charge >= 0.3 is 0 Å². The van der Waals surface area contributed by atoms with Crippen LogP contribution in [0.5, 0.6) is 5.75 Å². The zero-order chi connectivity index (χ0) is 20.1. The summed E-state index contributed by atoms with van der Waals surface area (Å²) < 4.78 is 33.5. The Hall–Kier alpha value is -2.45. The zero-order valence-electron chi connectivity index (χ0n) is 15.8. The number of nitro benzene ring substituents is 1. The van der Waals surface area contributed by atoms with Crippen molar-refractivity contribution in [3.8, 4) is 5.75 Å². The second-order valence-electron chi connectivity index (χ2n) is 6.94. The van der Waals surface area contributed by atoms with Crippen LogP contribution in [0.1, 0.15) is 37.7 Å². The quantitative estimate of drug-likeness (QED) is 0.511. The second kappa shape index (κ2) is 8.70. The maximum absolute atomic E-state index is 13.4. The third-order valence-corrected chi connectivity index (χ3v) is 7.05. The van der Waals surface area contributed by atoms with Gasteiger partial charge in [-0.2, -0.15) is 4.31 Å². The molecule has 1 aliphatic rings. The Morgan fingerprint density at radius 1 is 1.04 bits per heavy atom. The van der Waals surface area contributed by atoms with Crippen LogP contribution in [0.2, 0.25) is 0 Å². The predicted molar refractivity (Wildman–Crippen MR) is 106 cm³/mol. The first-order chi connectivity index (χ1) is 13.4. The van der Waals surface area contributed by atoms with E-state index in [4.69, 9.17) is 4.74 Å². The molecule has 28 heavy (non-hydrogen) atoms. The van der Waals surface area contributed by atoms with E-state index in [1.165, 1.54) is 24.3 Å². The molecule has 0 atom stereocenters. The lowest BCUT2D eigenvalue weighted by atomic mass is 9.95. The molecule has 8 heteroatoms. The van der Waals surface area contributed by atoms with Crippen molar-refractivity contribution in [3.63, 3.8) is 0 Å². The van der Waals surface area contributed by atoms with E-state index in [0.717, 1.165) is 37.7 Å². The van der Waals surface area contributed by atoms with Gasteiger partial charge in [0.1, 0.15) is 5.75 Å². The molecule has 0 aliphatic heterocycles. The van der Waals surface area contributed by atoms with Gasteiger partial charge < -0.3 is 4.74 Å². The molecule has 0 spiro atoms. The van der Waals surface area contributed by atoms with Gasteiger partial charge in [0.25, 0.3) is 5.69 Å². The van der Waals surface area contributed by atoms with E-state index in [1.54, 1.807) is 11.4 Å². The molecule has 0 unspecified atom stereocenters. The highest BCUT2D eigenvalue weighted by Gasteiger charge is 2.32. The summed E-state index contributed by atoms with van der Waals surface area (Å²) in [5.41, 5.74) is 0.746. The number of hydrogen-bond acceptors (Lipinski definition) is 5. The molecular weight excluding hydrogens is 380 g/mol. The largest absolute Gasteiger partial charge is 0.497 e. The molecule has 0 bridgehead atoms. The van der Waals surface area contributed by atoms with Gasteiger partial charge in [-0.05, 0) is 42.7 Å². The molecule has 0 radical (unpaired) electrons. The van der Waals surface area contributed by atoms with Crippen LogP contribution < -0.4 is 4.74 Å². The van der Waals surface area contributed by atoms with Gasteiger partial charge in [0.05, 0.1) is 16.9 Å². The van der Waals surface area contributed by atoms with Crippen LogP contribution in [0.3, 0.4) is 0 Å². The van der Waals surface area contributed by atoms with E-state index in [9.17, 15) is 18.5 Å². The Morgan fingerprint density at radius 3 is 2.18 bits per heavy atom. The third kappa shape index (κ3) is 4.51. The number of nitrogens with zero attached hydrogens (tertiary/aromatic N) is 2. The lowest BCUT2D eigenvalue weighted by molar-refractivity contribution is -0.384. The van der Waals surface area contributed by atoms with Crippen LogP contribution >= 0.6 is 0 Å². The van der Waals surface area contributed by atoms with Gasteiger partial charge in [0, 0.05) is 24.7 Å². The van der Waals surface area contributed by atoms with E-state index in [2.05, 4.69) is 0 Å². The zero-order valence-corrected chi connectivity index (χ0v) is 16.6. The number of nitro groups is 1. The summed E-state index contributed by atoms with van der Waals surface area (Å²) >= 11 is 0. The Balaban J connectivity index is 1.92. The van der Waals surface area contributed by atoms with Gasteiger partial charge in [-0.1, -0.05) is 31.4 Å². The second-order valence-corrected chi connectivity index (χ2v) is 8.83. The molecule has 0 heterocycles. The fourth-order valence-electron chi connectivity index (χ4n) is 3.57. The highest BCUT2D eigenvalue weighted by molar-refractivity contribution is 7.89. The van der Waals surface area contributed by atoms with Crippen LogP contribution in [0.4, 0.5) is 5.69 Å². The van der Waals surface area contributed by atoms with Crippen LogP contribution in [-0.4, -0.2) is 30.8 Å². The van der Waals surface area contributed by atoms with Crippen molar-refractivity contribution in [3.05, 3.63) is 64.2 Å². The average molecular weight is 404 g/mol. The van der Waals surface area contributed by atoms with E-state index in [0.29, 0.717) is 5.75 Å². The smallest absolute Gasteiger partial charge is 0.269 e. The minimum Gasteiger partial charge on any atom is -0.497 e. The van der Waals surface area contributed by atoms with E-state index in [1.807, 2.05) is 24.3 Å². The Morgan fingerprint density at radius 2 is 1.64 bits per heavy atom. The molecule has 0 N–H and O–H groups in total. The monoisotopic (exact) mass is 404 g/mol. The average Bonchev–Trinajstić information content (AvgIpc) is 2.73. The van der Waals surface area contributed by atoms with Gasteiger partial charge in [0.15, 0.2) is 0 Å². The van der Waals surface area contributed by atoms with Crippen molar-refractivity contribution in [2.75, 3.05) is 7.11 Å². The number of rotatable bonds is 7. The first-order valence-corrected chi connectivity index (χ1v) is 10.7. The Bertz CT molecular complexity index is 905. The molecule has 1 fully saturated rings. The SMILES string of the molecule is COc1ccc(CN(C2CCCCC2)S(=O)(=O)c2ccc([N+](=O)[O-])cc2)cc1. The molecular formula is C20H24N2O5S. The molecule has 150 valence electrons. The molecule has 2 aromatic rings. The first-order valence-electron chi connectivity index (χ1n) is 9.31. The number of sulfonamides is 1. The lowest BCUT2D eigenvalue weighted by Crippen LogP contribution is -2.40. The van der Waals surface area contributed by atoms with Crippen molar-refractivity contribution in [1.29, 1.82) is 0 Å². The van der Waals surface area contributed by atoms with Crippen molar-refractivity contribution in [1.82, 2.24) is 4.31 Å². The Kier molecular flexibility index (Phi) is 6.31. The van der Waals surface area contributed by atoms with Crippen LogP contribution in [0.25, 0.3) is 0 Å². The van der Waals surface area contributed by atoms with Crippen molar-refractivity contribution >= 4 is 15.7 Å². The van der Waals surface area contributed by atoms with Gasteiger partial charge in [-0.15, -0.1) is 0 Å². The molecule has 0 aromatic heterocycles. The molecule has 0 amide bonds. The summed E-state index contributed by atoms with van der Waals surface area (Å²) in [6, 6.07) is 12.4. The van der Waals surface area contributed by atoms with Crippen LogP contribution in [0, 0.1) is 10.1 Å². The highest BCUT2D eigenvalue weighted by atomic mass is 32.2. The Labute approximate surface area is 165 Å². The van der Waals surface area contributed by atoms with Crippen molar-refractivity contribution in [2.45, 2.75) is 49.6 Å². The maximum atomic E-state index is 13.4. The van der Waals surface area contributed by atoms with E-state index >= 15 is 0 Å². The molecule has 1 saturated carbocycles. The standard InChI is InChI=1S/C20H24N2O5S/c1-27-19-11-7-16(8-12-19)15-21(17-5-3-2-4-6-17)28(25,26)20-13-9-18(10-14-20)22(23)24/h7-14,17H,2-6,15H2,1H3. The molecule has 3 rings (SSSR count). The first kappa shape index (κ1) is 20.3. The minimum atomic E-state index is -3.78. The third-order valence-electron chi connectivity index (χ3n) is 5.13. The molecule has 7 nitrogen and oxygen atoms in total. The van der Waals surface area contributed by atoms with Crippen LogP contribution in [0.15, 0.2) is 53.4 Å². The number of hydrogen-bond donors (Lipinski definition) is 0. The minimum absolute atomic E-state index is 0.0731. The summed E-state index contributed by atoms with van der Waals surface area (Å²) in [6.45, 7) is 0.258. The number of non-ortho nitro benzene ring substituents is 1. The summed E-state index contributed by atoms with van der Waals surface area (Å²) in [5.74, 6) is 0.714. The number of benzene rings is 2. The number of methoxy groups -OCH3 is 1. The molecule has 2 aromatic carbocycles. The normalized spacial score (nSPS) is 15.5. The van der Waals surface area contributed by atoms with E-state index in [-0.39, 0.29) is 23.2 Å². The topological polar surface area (TPSA) is 89.8 Å². The lowest BCUT2D eigenvalue weighted by Gasteiger charge is -2.33. The van der Waals surface area contributed by atoms with Crippen LogP contribution in [-0.2, 0) is 16.6 Å². The summed E-state index contributed by atoms with van der Waals surface area (Å²) in [5, 5.41) is 10.9. The van der Waals surface area contributed by atoms with Gasteiger partial charge in [-0.25, -0.2) is 8.42 Å². The fraction of sp³-hybridized carbons (Fsp3) is 0.400.